The molecule has 1 aromatic carbocycles. The molecule has 0 saturated heterocycles. The van der Waals surface area contributed by atoms with Gasteiger partial charge in [0.05, 0.1) is 0 Å². The number of rotatable bonds is 5. The van der Waals surface area contributed by atoms with Gasteiger partial charge in [-0.15, -0.1) is 0 Å². The van der Waals surface area contributed by atoms with Gasteiger partial charge in [0.25, 0.3) is 0 Å². The number of hydrogen-bond donors (Lipinski definition) is 1. The zero-order chi connectivity index (χ0) is 13.1. The van der Waals surface area contributed by atoms with Crippen LogP contribution in [0.3, 0.4) is 0 Å². The molecule has 2 rings (SSSR count). The van der Waals surface area contributed by atoms with Crippen molar-refractivity contribution in [1.82, 2.24) is 5.32 Å². The van der Waals surface area contributed by atoms with Crippen molar-refractivity contribution < 1.29 is 4.74 Å². The Hall–Kier alpha value is -1.02. The fraction of sp³-hybridized carbons (Fsp3) is 0.625. The molecule has 1 fully saturated rings. The average molecular weight is 247 g/mol. The lowest BCUT2D eigenvalue weighted by atomic mass is 9.88. The summed E-state index contributed by atoms with van der Waals surface area (Å²) >= 11 is 0. The van der Waals surface area contributed by atoms with Crippen LogP contribution in [0.2, 0.25) is 0 Å². The molecule has 1 saturated carbocycles. The van der Waals surface area contributed by atoms with Crippen LogP contribution in [0.15, 0.2) is 24.3 Å². The maximum atomic E-state index is 6.01. The molecule has 0 radical (unpaired) electrons. The lowest BCUT2D eigenvalue weighted by molar-refractivity contribution is 0.0814. The van der Waals surface area contributed by atoms with Crippen molar-refractivity contribution in [3.63, 3.8) is 0 Å². The molecule has 1 N–H and O–H groups in total. The van der Waals surface area contributed by atoms with Crippen LogP contribution in [-0.4, -0.2) is 18.2 Å². The van der Waals surface area contributed by atoms with Crippen LogP contribution in [-0.2, 0) is 0 Å². The summed E-state index contributed by atoms with van der Waals surface area (Å²) in [6.07, 6.45) is 2.65. The lowest BCUT2D eigenvalue weighted by Gasteiger charge is -2.37. The molecule has 100 valence electrons. The molecule has 0 aliphatic heterocycles. The first-order valence-corrected chi connectivity index (χ1v) is 7.07. The quantitative estimate of drug-likeness (QED) is 0.856. The molecular weight excluding hydrogens is 222 g/mol. The fourth-order valence-electron chi connectivity index (χ4n) is 2.41. The molecule has 2 nitrogen and oxygen atoms in total. The molecule has 0 atom stereocenters. The Kier molecular flexibility index (Phi) is 4.28. The minimum absolute atomic E-state index is 0.392. The third kappa shape index (κ3) is 3.49. The minimum atomic E-state index is 0.392. The number of hydrogen-bond acceptors (Lipinski definition) is 2. The number of ether oxygens (including phenoxy) is 1. The Morgan fingerprint density at radius 1 is 1.17 bits per heavy atom. The molecular formula is C16H25NO. The van der Waals surface area contributed by atoms with E-state index in [1.807, 2.05) is 0 Å². The molecule has 1 aliphatic carbocycles. The summed E-state index contributed by atoms with van der Waals surface area (Å²) in [6.45, 7) is 8.82. The molecule has 0 heterocycles. The van der Waals surface area contributed by atoms with Crippen molar-refractivity contribution >= 4 is 0 Å². The normalized spacial score (nSPS) is 23.2. The number of nitrogens with one attached hydrogen (secondary N) is 1. The first-order chi connectivity index (χ1) is 8.54. The van der Waals surface area contributed by atoms with E-state index in [2.05, 4.69) is 57.3 Å². The predicted octanol–water partition coefficient (Wildman–Crippen LogP) is 3.72. The summed E-state index contributed by atoms with van der Waals surface area (Å²) < 4.78 is 6.01. The Morgan fingerprint density at radius 3 is 2.50 bits per heavy atom. The van der Waals surface area contributed by atoms with Crippen LogP contribution < -0.4 is 10.1 Å². The summed E-state index contributed by atoms with van der Waals surface area (Å²) in [5, 5.41) is 3.54. The Bertz CT molecular complexity index is 380. The van der Waals surface area contributed by atoms with E-state index in [-0.39, 0.29) is 0 Å². The van der Waals surface area contributed by atoms with Crippen molar-refractivity contribution in [2.75, 3.05) is 0 Å². The van der Waals surface area contributed by atoms with Crippen LogP contribution >= 0.6 is 0 Å². The number of benzene rings is 1. The highest BCUT2D eigenvalue weighted by molar-refractivity contribution is 5.30. The summed E-state index contributed by atoms with van der Waals surface area (Å²) in [5.74, 6) is 1.58. The van der Waals surface area contributed by atoms with E-state index >= 15 is 0 Å². The van der Waals surface area contributed by atoms with Gasteiger partial charge in [0, 0.05) is 12.1 Å². The summed E-state index contributed by atoms with van der Waals surface area (Å²) in [6, 6.07) is 9.71. The fourth-order valence-corrected chi connectivity index (χ4v) is 2.41. The molecule has 18 heavy (non-hydrogen) atoms. The van der Waals surface area contributed by atoms with Gasteiger partial charge < -0.3 is 10.1 Å². The van der Waals surface area contributed by atoms with E-state index in [0.29, 0.717) is 24.1 Å². The average Bonchev–Trinajstić information content (AvgIpc) is 2.26. The predicted molar refractivity (Wildman–Crippen MR) is 76.2 cm³/mol. The van der Waals surface area contributed by atoms with Gasteiger partial charge in [-0.1, -0.05) is 39.8 Å². The second-order valence-electron chi connectivity index (χ2n) is 5.96. The molecule has 0 spiro atoms. The SMILES string of the molecule is CC(C)N[C@H]1C[C@H](Oc2cccc(C(C)C)c2)C1. The Morgan fingerprint density at radius 2 is 1.89 bits per heavy atom. The topological polar surface area (TPSA) is 21.3 Å². The van der Waals surface area contributed by atoms with E-state index < -0.39 is 0 Å². The van der Waals surface area contributed by atoms with Crippen LogP contribution in [0.25, 0.3) is 0 Å². The molecule has 2 heteroatoms. The maximum absolute atomic E-state index is 6.01. The molecule has 0 bridgehead atoms. The van der Waals surface area contributed by atoms with E-state index in [1.165, 1.54) is 5.56 Å². The van der Waals surface area contributed by atoms with E-state index in [9.17, 15) is 0 Å². The zero-order valence-electron chi connectivity index (χ0n) is 11.9. The van der Waals surface area contributed by atoms with Crippen molar-refractivity contribution in [3.8, 4) is 5.75 Å². The van der Waals surface area contributed by atoms with Gasteiger partial charge in [-0.05, 0) is 36.5 Å². The molecule has 0 aromatic heterocycles. The van der Waals surface area contributed by atoms with E-state index in [1.54, 1.807) is 0 Å². The van der Waals surface area contributed by atoms with Crippen LogP contribution in [0, 0.1) is 0 Å². The first kappa shape index (κ1) is 13.4. The summed E-state index contributed by atoms with van der Waals surface area (Å²) in [7, 11) is 0. The lowest BCUT2D eigenvalue weighted by Crippen LogP contribution is -2.49. The van der Waals surface area contributed by atoms with Gasteiger partial charge in [-0.3, -0.25) is 0 Å². The Labute approximate surface area is 111 Å². The second kappa shape index (κ2) is 5.75. The van der Waals surface area contributed by atoms with Crippen molar-refractivity contribution in [3.05, 3.63) is 29.8 Å². The van der Waals surface area contributed by atoms with Crippen molar-refractivity contribution in [2.45, 2.75) is 64.6 Å². The summed E-state index contributed by atoms with van der Waals surface area (Å²) in [4.78, 5) is 0. The monoisotopic (exact) mass is 247 g/mol. The van der Waals surface area contributed by atoms with Gasteiger partial charge in [-0.2, -0.15) is 0 Å². The second-order valence-corrected chi connectivity index (χ2v) is 5.96. The van der Waals surface area contributed by atoms with Crippen LogP contribution in [0.1, 0.15) is 52.0 Å². The highest BCUT2D eigenvalue weighted by Crippen LogP contribution is 2.28. The molecule has 1 aliphatic rings. The van der Waals surface area contributed by atoms with Gasteiger partial charge in [-0.25, -0.2) is 0 Å². The van der Waals surface area contributed by atoms with E-state index in [4.69, 9.17) is 4.74 Å². The van der Waals surface area contributed by atoms with Crippen LogP contribution in [0.4, 0.5) is 0 Å². The molecule has 1 aromatic rings. The van der Waals surface area contributed by atoms with Gasteiger partial charge in [0.2, 0.25) is 0 Å². The molecule has 0 unspecified atom stereocenters. The summed E-state index contributed by atoms with van der Waals surface area (Å²) in [5.41, 5.74) is 1.35. The maximum Gasteiger partial charge on any atom is 0.120 e. The smallest absolute Gasteiger partial charge is 0.120 e. The minimum Gasteiger partial charge on any atom is -0.490 e. The zero-order valence-corrected chi connectivity index (χ0v) is 11.9. The highest BCUT2D eigenvalue weighted by atomic mass is 16.5. The highest BCUT2D eigenvalue weighted by Gasteiger charge is 2.30. The first-order valence-electron chi connectivity index (χ1n) is 7.07. The van der Waals surface area contributed by atoms with Gasteiger partial charge in [0.1, 0.15) is 11.9 Å². The third-order valence-electron chi connectivity index (χ3n) is 3.49. The van der Waals surface area contributed by atoms with E-state index in [0.717, 1.165) is 18.6 Å². The van der Waals surface area contributed by atoms with Crippen LogP contribution in [0.5, 0.6) is 5.75 Å². The van der Waals surface area contributed by atoms with Crippen molar-refractivity contribution in [1.29, 1.82) is 0 Å². The standard InChI is InChI=1S/C16H25NO/c1-11(2)13-6-5-7-15(8-13)18-16-9-14(10-16)17-12(3)4/h5-8,11-12,14,16-17H,9-10H2,1-4H3/t14-,16-. The third-order valence-corrected chi connectivity index (χ3v) is 3.49. The molecule has 0 amide bonds. The Balaban J connectivity index is 1.83. The van der Waals surface area contributed by atoms with Gasteiger partial charge in [0.15, 0.2) is 0 Å². The van der Waals surface area contributed by atoms with Crippen molar-refractivity contribution in [2.24, 2.45) is 0 Å². The largest absolute Gasteiger partial charge is 0.490 e. The van der Waals surface area contributed by atoms with Gasteiger partial charge >= 0.3 is 0 Å².